The van der Waals surface area contributed by atoms with Crippen LogP contribution in [0, 0.1) is 17.2 Å². The van der Waals surface area contributed by atoms with Gasteiger partial charge in [-0.3, -0.25) is 9.59 Å². The van der Waals surface area contributed by atoms with Crippen molar-refractivity contribution in [2.24, 2.45) is 5.92 Å². The molecule has 1 aromatic carbocycles. The number of morpholine rings is 1. The van der Waals surface area contributed by atoms with E-state index in [1.54, 1.807) is 24.3 Å². The van der Waals surface area contributed by atoms with Crippen molar-refractivity contribution in [2.45, 2.75) is 37.7 Å². The minimum atomic E-state index is -0.213. The number of nitriles is 1. The number of carbonyl (C=O) groups is 2. The molecule has 30 heavy (non-hydrogen) atoms. The molecular formula is C23H29N3O4. The summed E-state index contributed by atoms with van der Waals surface area (Å²) >= 11 is 0. The number of hydrogen-bond acceptors (Lipinski definition) is 5. The summed E-state index contributed by atoms with van der Waals surface area (Å²) in [5.74, 6) is 0.577. The maximum absolute atomic E-state index is 12.8. The van der Waals surface area contributed by atoms with Crippen molar-refractivity contribution in [3.8, 4) is 6.07 Å². The van der Waals surface area contributed by atoms with Gasteiger partial charge in [-0.1, -0.05) is 0 Å². The molecule has 0 N–H and O–H groups in total. The van der Waals surface area contributed by atoms with E-state index in [4.69, 9.17) is 14.7 Å². The first-order chi connectivity index (χ1) is 14.6. The summed E-state index contributed by atoms with van der Waals surface area (Å²) in [6.07, 6.45) is 4.00. The largest absolute Gasteiger partial charge is 0.378 e. The Morgan fingerprint density at radius 2 is 1.73 bits per heavy atom. The van der Waals surface area contributed by atoms with Gasteiger partial charge < -0.3 is 19.3 Å². The van der Waals surface area contributed by atoms with Crippen molar-refractivity contribution >= 4 is 11.8 Å². The third kappa shape index (κ3) is 4.66. The van der Waals surface area contributed by atoms with Crippen molar-refractivity contribution in [1.82, 2.24) is 9.80 Å². The molecule has 3 saturated heterocycles. The second-order valence-electron chi connectivity index (χ2n) is 8.57. The highest BCUT2D eigenvalue weighted by Gasteiger charge is 2.42. The van der Waals surface area contributed by atoms with Crippen molar-refractivity contribution in [1.29, 1.82) is 5.26 Å². The SMILES string of the molecule is N#Cc1ccc(C(=O)N2CCC3(CC2)CC(CC(=O)N2CCOCC2)CCO3)cc1. The minimum Gasteiger partial charge on any atom is -0.378 e. The Labute approximate surface area is 177 Å². The lowest BCUT2D eigenvalue weighted by atomic mass is 9.78. The number of nitrogens with zero attached hydrogens (tertiary/aromatic N) is 3. The molecule has 7 heteroatoms. The van der Waals surface area contributed by atoms with E-state index in [0.717, 1.165) is 25.7 Å². The fraction of sp³-hybridized carbons (Fsp3) is 0.609. The highest BCUT2D eigenvalue weighted by Crippen LogP contribution is 2.39. The maximum Gasteiger partial charge on any atom is 0.253 e. The molecule has 1 unspecified atom stereocenters. The lowest BCUT2D eigenvalue weighted by molar-refractivity contribution is -0.143. The van der Waals surface area contributed by atoms with Crippen LogP contribution in [0.4, 0.5) is 0 Å². The van der Waals surface area contributed by atoms with Crippen LogP contribution >= 0.6 is 0 Å². The maximum atomic E-state index is 12.8. The summed E-state index contributed by atoms with van der Waals surface area (Å²) in [6, 6.07) is 8.87. The van der Waals surface area contributed by atoms with E-state index >= 15 is 0 Å². The predicted octanol–water partition coefficient (Wildman–Crippen LogP) is 2.21. The molecule has 7 nitrogen and oxygen atoms in total. The van der Waals surface area contributed by atoms with E-state index in [1.807, 2.05) is 9.80 Å². The van der Waals surface area contributed by atoms with Crippen LogP contribution < -0.4 is 0 Å². The number of benzene rings is 1. The molecule has 160 valence electrons. The zero-order valence-corrected chi connectivity index (χ0v) is 17.3. The molecule has 2 amide bonds. The molecule has 3 aliphatic rings. The Morgan fingerprint density at radius 1 is 1.03 bits per heavy atom. The topological polar surface area (TPSA) is 82.9 Å². The first-order valence-corrected chi connectivity index (χ1v) is 10.9. The average molecular weight is 412 g/mol. The van der Waals surface area contributed by atoms with Gasteiger partial charge in [-0.2, -0.15) is 5.26 Å². The Balaban J connectivity index is 1.31. The summed E-state index contributed by atoms with van der Waals surface area (Å²) < 4.78 is 11.6. The third-order valence-corrected chi connectivity index (χ3v) is 6.64. The number of carbonyl (C=O) groups excluding carboxylic acids is 2. The van der Waals surface area contributed by atoms with Crippen LogP contribution in [0.5, 0.6) is 0 Å². The van der Waals surface area contributed by atoms with Gasteiger partial charge in [0.2, 0.25) is 5.91 Å². The Hall–Kier alpha value is -2.43. The zero-order chi connectivity index (χ0) is 21.0. The van der Waals surface area contributed by atoms with Crippen molar-refractivity contribution in [3.63, 3.8) is 0 Å². The number of rotatable bonds is 3. The van der Waals surface area contributed by atoms with E-state index in [1.165, 1.54) is 0 Å². The second-order valence-corrected chi connectivity index (χ2v) is 8.57. The third-order valence-electron chi connectivity index (χ3n) is 6.64. The zero-order valence-electron chi connectivity index (χ0n) is 17.3. The van der Waals surface area contributed by atoms with E-state index in [9.17, 15) is 9.59 Å². The van der Waals surface area contributed by atoms with Gasteiger partial charge in [0, 0.05) is 44.8 Å². The first-order valence-electron chi connectivity index (χ1n) is 10.9. The van der Waals surface area contributed by atoms with Crippen molar-refractivity contribution in [2.75, 3.05) is 46.0 Å². The molecule has 0 aromatic heterocycles. The van der Waals surface area contributed by atoms with Crippen LogP contribution in [0.2, 0.25) is 0 Å². The summed E-state index contributed by atoms with van der Waals surface area (Å²) in [5, 5.41) is 8.92. The molecule has 3 heterocycles. The monoisotopic (exact) mass is 411 g/mol. The van der Waals surface area contributed by atoms with Crippen molar-refractivity contribution in [3.05, 3.63) is 35.4 Å². The van der Waals surface area contributed by atoms with Crippen LogP contribution in [0.3, 0.4) is 0 Å². The van der Waals surface area contributed by atoms with Crippen LogP contribution in [0.25, 0.3) is 0 Å². The van der Waals surface area contributed by atoms with Gasteiger partial charge in [0.05, 0.1) is 30.4 Å². The molecule has 0 bridgehead atoms. The number of amides is 2. The molecule has 3 fully saturated rings. The molecule has 1 atom stereocenters. The van der Waals surface area contributed by atoms with Gasteiger partial charge in [0.15, 0.2) is 0 Å². The molecule has 1 aromatic rings. The van der Waals surface area contributed by atoms with Crippen LogP contribution in [0.1, 0.15) is 48.0 Å². The van der Waals surface area contributed by atoms with E-state index in [-0.39, 0.29) is 17.4 Å². The fourth-order valence-electron chi connectivity index (χ4n) is 4.83. The van der Waals surface area contributed by atoms with Gasteiger partial charge >= 0.3 is 0 Å². The Kier molecular flexibility index (Phi) is 6.35. The summed E-state index contributed by atoms with van der Waals surface area (Å²) in [7, 11) is 0. The Morgan fingerprint density at radius 3 is 2.40 bits per heavy atom. The normalized spacial score (nSPS) is 23.8. The first kappa shape index (κ1) is 20.8. The summed E-state index contributed by atoms with van der Waals surface area (Å²) in [4.78, 5) is 29.2. The van der Waals surface area contributed by atoms with E-state index in [2.05, 4.69) is 6.07 Å². The highest BCUT2D eigenvalue weighted by molar-refractivity contribution is 5.94. The van der Waals surface area contributed by atoms with Gasteiger partial charge in [-0.15, -0.1) is 0 Å². The number of ether oxygens (including phenoxy) is 2. The minimum absolute atomic E-state index is 0.00388. The smallest absolute Gasteiger partial charge is 0.253 e. The molecule has 3 aliphatic heterocycles. The number of piperidine rings is 1. The van der Waals surface area contributed by atoms with Gasteiger partial charge in [-0.25, -0.2) is 0 Å². The standard InChI is InChI=1S/C23H29N3O4/c24-17-18-1-3-20(4-2-18)22(28)26-8-6-23(7-9-26)16-19(5-12-30-23)15-21(27)25-10-13-29-14-11-25/h1-4,19H,5-16H2. The fourth-order valence-corrected chi connectivity index (χ4v) is 4.83. The predicted molar refractivity (Wildman–Crippen MR) is 110 cm³/mol. The highest BCUT2D eigenvalue weighted by atomic mass is 16.5. The Bertz CT molecular complexity index is 803. The molecule has 4 rings (SSSR count). The van der Waals surface area contributed by atoms with E-state index in [0.29, 0.717) is 69.5 Å². The van der Waals surface area contributed by atoms with E-state index < -0.39 is 0 Å². The van der Waals surface area contributed by atoms with Gasteiger partial charge in [0.25, 0.3) is 5.91 Å². The van der Waals surface area contributed by atoms with Crippen LogP contribution in [0.15, 0.2) is 24.3 Å². The van der Waals surface area contributed by atoms with Crippen LogP contribution in [-0.4, -0.2) is 73.2 Å². The average Bonchev–Trinajstić information content (AvgIpc) is 2.80. The second kappa shape index (κ2) is 9.15. The molecular weight excluding hydrogens is 382 g/mol. The molecule has 1 spiro atoms. The molecule has 0 saturated carbocycles. The van der Waals surface area contributed by atoms with Gasteiger partial charge in [0.1, 0.15) is 0 Å². The summed E-state index contributed by atoms with van der Waals surface area (Å²) in [6.45, 7) is 4.65. The van der Waals surface area contributed by atoms with Crippen molar-refractivity contribution < 1.29 is 19.1 Å². The quantitative estimate of drug-likeness (QED) is 0.762. The number of hydrogen-bond donors (Lipinski definition) is 0. The van der Waals surface area contributed by atoms with Gasteiger partial charge in [-0.05, 0) is 55.9 Å². The molecule has 0 radical (unpaired) electrons. The number of likely N-dealkylation sites (tertiary alicyclic amines) is 1. The molecule has 0 aliphatic carbocycles. The lowest BCUT2D eigenvalue weighted by Crippen LogP contribution is -2.51. The lowest BCUT2D eigenvalue weighted by Gasteiger charge is -2.46. The van der Waals surface area contributed by atoms with Crippen LogP contribution in [-0.2, 0) is 14.3 Å². The summed E-state index contributed by atoms with van der Waals surface area (Å²) in [5.41, 5.74) is 0.955.